The highest BCUT2D eigenvalue weighted by atomic mass is 16.5. The van der Waals surface area contributed by atoms with Gasteiger partial charge in [-0.15, -0.1) is 0 Å². The van der Waals surface area contributed by atoms with Crippen LogP contribution in [0.5, 0.6) is 11.5 Å². The smallest absolute Gasteiger partial charge is 0.126 e. The van der Waals surface area contributed by atoms with Gasteiger partial charge in [0.05, 0.1) is 13.2 Å². The summed E-state index contributed by atoms with van der Waals surface area (Å²) in [5, 5.41) is 0. The van der Waals surface area contributed by atoms with Crippen LogP contribution in [0.1, 0.15) is 39.8 Å². The number of rotatable bonds is 0. The molecule has 0 bridgehead atoms. The summed E-state index contributed by atoms with van der Waals surface area (Å²) in [5.41, 5.74) is 7.55. The van der Waals surface area contributed by atoms with Gasteiger partial charge in [-0.3, -0.25) is 4.90 Å². The van der Waals surface area contributed by atoms with Gasteiger partial charge in [0.25, 0.3) is 0 Å². The van der Waals surface area contributed by atoms with Crippen molar-refractivity contribution >= 4 is 0 Å². The Morgan fingerprint density at radius 1 is 0.720 bits per heavy atom. The molecule has 0 N–H and O–H groups in total. The molecule has 2 aromatic carbocycles. The second kappa shape index (κ2) is 7.49. The maximum absolute atomic E-state index is 6.13. The standard InChI is InChI=1S/C22H29NO2/c1-15-9-17(3)21-19(11-15)13-23(5)14-20-12-16(2)10-18(4)22(20)25-8-6-7-24-21/h9-12H,6-8,13-14H2,1-5H3. The lowest BCUT2D eigenvalue weighted by Crippen LogP contribution is -2.20. The molecular formula is C22H29NO2. The van der Waals surface area contributed by atoms with Gasteiger partial charge in [0.1, 0.15) is 11.5 Å². The zero-order valence-electron chi connectivity index (χ0n) is 16.1. The number of fused-ring (bicyclic) bond motifs is 2. The zero-order valence-corrected chi connectivity index (χ0v) is 16.1. The Morgan fingerprint density at radius 3 is 1.60 bits per heavy atom. The van der Waals surface area contributed by atoms with Crippen LogP contribution in [0.25, 0.3) is 0 Å². The van der Waals surface area contributed by atoms with Crippen LogP contribution in [-0.4, -0.2) is 25.2 Å². The van der Waals surface area contributed by atoms with Crippen molar-refractivity contribution in [3.8, 4) is 11.5 Å². The summed E-state index contributed by atoms with van der Waals surface area (Å²) in [4.78, 5) is 2.34. The molecular weight excluding hydrogens is 310 g/mol. The van der Waals surface area contributed by atoms with Crippen LogP contribution in [0, 0.1) is 27.7 Å². The molecule has 0 aliphatic carbocycles. The van der Waals surface area contributed by atoms with Crippen molar-refractivity contribution in [3.63, 3.8) is 0 Å². The molecule has 0 atom stereocenters. The van der Waals surface area contributed by atoms with E-state index in [0.717, 1.165) is 31.0 Å². The van der Waals surface area contributed by atoms with Gasteiger partial charge in [0.2, 0.25) is 0 Å². The van der Waals surface area contributed by atoms with Crippen molar-refractivity contribution in [2.45, 2.75) is 47.2 Å². The molecule has 134 valence electrons. The minimum Gasteiger partial charge on any atom is -0.493 e. The summed E-state index contributed by atoms with van der Waals surface area (Å²) in [6.45, 7) is 11.7. The van der Waals surface area contributed by atoms with E-state index in [1.165, 1.54) is 33.4 Å². The minimum absolute atomic E-state index is 0.681. The molecule has 3 rings (SSSR count). The number of hydrogen-bond donors (Lipinski definition) is 0. The molecule has 0 unspecified atom stereocenters. The average Bonchev–Trinajstić information content (AvgIpc) is 2.49. The van der Waals surface area contributed by atoms with Crippen LogP contribution < -0.4 is 9.47 Å². The van der Waals surface area contributed by atoms with E-state index < -0.39 is 0 Å². The van der Waals surface area contributed by atoms with Gasteiger partial charge in [-0.25, -0.2) is 0 Å². The number of nitrogens with zero attached hydrogens (tertiary/aromatic N) is 1. The maximum Gasteiger partial charge on any atom is 0.126 e. The Hall–Kier alpha value is -2.00. The van der Waals surface area contributed by atoms with Crippen LogP contribution in [0.15, 0.2) is 24.3 Å². The molecule has 3 nitrogen and oxygen atoms in total. The molecule has 1 aliphatic rings. The van der Waals surface area contributed by atoms with Crippen molar-refractivity contribution in [1.82, 2.24) is 4.90 Å². The number of hydrogen-bond acceptors (Lipinski definition) is 3. The van der Waals surface area contributed by atoms with Gasteiger partial charge in [0, 0.05) is 30.6 Å². The van der Waals surface area contributed by atoms with E-state index in [1.807, 2.05) is 0 Å². The highest BCUT2D eigenvalue weighted by molar-refractivity contribution is 5.45. The molecule has 0 amide bonds. The second-order valence-corrected chi connectivity index (χ2v) is 7.36. The third-order valence-corrected chi connectivity index (χ3v) is 4.65. The summed E-state index contributed by atoms with van der Waals surface area (Å²) in [6, 6.07) is 8.90. The fourth-order valence-electron chi connectivity index (χ4n) is 3.78. The van der Waals surface area contributed by atoms with Crippen molar-refractivity contribution < 1.29 is 9.47 Å². The normalized spacial score (nSPS) is 15.9. The highest BCUT2D eigenvalue weighted by Gasteiger charge is 2.16. The van der Waals surface area contributed by atoms with Gasteiger partial charge < -0.3 is 9.47 Å². The van der Waals surface area contributed by atoms with Gasteiger partial charge in [-0.2, -0.15) is 0 Å². The lowest BCUT2D eigenvalue weighted by Gasteiger charge is -2.24. The van der Waals surface area contributed by atoms with Crippen molar-refractivity contribution in [2.24, 2.45) is 0 Å². The molecule has 0 aromatic heterocycles. The zero-order chi connectivity index (χ0) is 18.0. The summed E-state index contributed by atoms with van der Waals surface area (Å²) < 4.78 is 12.3. The predicted octanol–water partition coefficient (Wildman–Crippen LogP) is 4.71. The van der Waals surface area contributed by atoms with Gasteiger partial charge in [-0.05, 0) is 45.9 Å². The van der Waals surface area contributed by atoms with Crippen LogP contribution >= 0.6 is 0 Å². The van der Waals surface area contributed by atoms with Gasteiger partial charge in [-0.1, -0.05) is 35.4 Å². The molecule has 3 heteroatoms. The summed E-state index contributed by atoms with van der Waals surface area (Å²) in [7, 11) is 2.16. The van der Waals surface area contributed by atoms with E-state index in [2.05, 4.69) is 63.9 Å². The molecule has 0 saturated heterocycles. The van der Waals surface area contributed by atoms with E-state index in [1.54, 1.807) is 0 Å². The summed E-state index contributed by atoms with van der Waals surface area (Å²) in [5.74, 6) is 2.08. The lowest BCUT2D eigenvalue weighted by molar-refractivity contribution is 0.229. The lowest BCUT2D eigenvalue weighted by atomic mass is 10.0. The van der Waals surface area contributed by atoms with E-state index >= 15 is 0 Å². The molecule has 1 heterocycles. The summed E-state index contributed by atoms with van der Waals surface area (Å²) in [6.07, 6.45) is 0.884. The SMILES string of the molecule is Cc1cc(C)c2c(c1)CN(C)Cc1cc(C)cc(C)c1OCCCO2. The maximum atomic E-state index is 6.13. The molecule has 0 fully saturated rings. The molecule has 0 spiro atoms. The van der Waals surface area contributed by atoms with Crippen LogP contribution in [0.2, 0.25) is 0 Å². The van der Waals surface area contributed by atoms with Gasteiger partial charge in [0.15, 0.2) is 0 Å². The second-order valence-electron chi connectivity index (χ2n) is 7.36. The minimum atomic E-state index is 0.681. The van der Waals surface area contributed by atoms with E-state index in [9.17, 15) is 0 Å². The van der Waals surface area contributed by atoms with Crippen LogP contribution in [0.4, 0.5) is 0 Å². The Balaban J connectivity index is 1.96. The number of aryl methyl sites for hydroxylation is 4. The van der Waals surface area contributed by atoms with E-state index in [-0.39, 0.29) is 0 Å². The third-order valence-electron chi connectivity index (χ3n) is 4.65. The Morgan fingerprint density at radius 2 is 1.16 bits per heavy atom. The third kappa shape index (κ3) is 4.16. The quantitative estimate of drug-likeness (QED) is 0.693. The molecule has 2 aromatic rings. The fourth-order valence-corrected chi connectivity index (χ4v) is 3.78. The highest BCUT2D eigenvalue weighted by Crippen LogP contribution is 2.30. The topological polar surface area (TPSA) is 21.7 Å². The molecule has 25 heavy (non-hydrogen) atoms. The first-order valence-electron chi connectivity index (χ1n) is 9.08. The van der Waals surface area contributed by atoms with Crippen molar-refractivity contribution in [3.05, 3.63) is 57.6 Å². The van der Waals surface area contributed by atoms with Crippen LogP contribution in [0.3, 0.4) is 0 Å². The van der Waals surface area contributed by atoms with Gasteiger partial charge >= 0.3 is 0 Å². The number of ether oxygens (including phenoxy) is 2. The Kier molecular flexibility index (Phi) is 5.33. The monoisotopic (exact) mass is 339 g/mol. The van der Waals surface area contributed by atoms with Crippen LogP contribution in [-0.2, 0) is 13.1 Å². The van der Waals surface area contributed by atoms with Crippen molar-refractivity contribution in [2.75, 3.05) is 20.3 Å². The molecule has 1 aliphatic heterocycles. The Bertz CT molecular complexity index is 704. The van der Waals surface area contributed by atoms with E-state index in [0.29, 0.717) is 13.2 Å². The largest absolute Gasteiger partial charge is 0.493 e. The first kappa shape index (κ1) is 17.8. The first-order chi connectivity index (χ1) is 11.9. The average molecular weight is 339 g/mol. The summed E-state index contributed by atoms with van der Waals surface area (Å²) >= 11 is 0. The predicted molar refractivity (Wildman–Crippen MR) is 103 cm³/mol. The molecule has 0 saturated carbocycles. The fraction of sp³-hybridized carbons (Fsp3) is 0.455. The van der Waals surface area contributed by atoms with E-state index in [4.69, 9.17) is 9.47 Å². The Labute approximate surface area is 151 Å². The molecule has 0 radical (unpaired) electrons. The number of benzene rings is 2. The first-order valence-corrected chi connectivity index (χ1v) is 9.08. The van der Waals surface area contributed by atoms with Crippen molar-refractivity contribution in [1.29, 1.82) is 0 Å².